The summed E-state index contributed by atoms with van der Waals surface area (Å²) in [5, 5.41) is 0. The van der Waals surface area contributed by atoms with Crippen molar-refractivity contribution in [3.63, 3.8) is 0 Å². The Labute approximate surface area is 121 Å². The van der Waals surface area contributed by atoms with Gasteiger partial charge < -0.3 is 0 Å². The quantitative estimate of drug-likeness (QED) is 0.385. The van der Waals surface area contributed by atoms with Gasteiger partial charge >= 0.3 is 0 Å². The third kappa shape index (κ3) is 4.97. The summed E-state index contributed by atoms with van der Waals surface area (Å²) >= 11 is 0. The standard InChI is InChI=1S/C19H34/c1-3-8-18-13-14-19(15-18)16(2)11-12-17-9-6-4-5-7-10-17/h13-14,16-19H,3-12,15H2,1-2H3. The van der Waals surface area contributed by atoms with Gasteiger partial charge in [-0.2, -0.15) is 0 Å². The lowest BCUT2D eigenvalue weighted by Gasteiger charge is -2.22. The lowest BCUT2D eigenvalue weighted by Crippen LogP contribution is -2.11. The molecule has 0 aromatic carbocycles. The van der Waals surface area contributed by atoms with Crippen molar-refractivity contribution in [2.24, 2.45) is 23.7 Å². The van der Waals surface area contributed by atoms with Crippen LogP contribution >= 0.6 is 0 Å². The monoisotopic (exact) mass is 262 g/mol. The summed E-state index contributed by atoms with van der Waals surface area (Å²) in [6.45, 7) is 4.82. The third-order valence-corrected chi connectivity index (χ3v) is 5.60. The lowest BCUT2D eigenvalue weighted by atomic mass is 9.83. The van der Waals surface area contributed by atoms with Crippen molar-refractivity contribution < 1.29 is 0 Å². The van der Waals surface area contributed by atoms with E-state index in [2.05, 4.69) is 26.0 Å². The molecule has 2 aliphatic carbocycles. The van der Waals surface area contributed by atoms with Crippen LogP contribution in [0.25, 0.3) is 0 Å². The van der Waals surface area contributed by atoms with E-state index in [9.17, 15) is 0 Å². The molecular weight excluding hydrogens is 228 g/mol. The van der Waals surface area contributed by atoms with Crippen LogP contribution in [0.5, 0.6) is 0 Å². The molecule has 0 saturated heterocycles. The minimum atomic E-state index is 0.891. The van der Waals surface area contributed by atoms with Crippen LogP contribution < -0.4 is 0 Å². The molecular formula is C19H34. The van der Waals surface area contributed by atoms with Crippen LogP contribution in [0, 0.1) is 23.7 Å². The first kappa shape index (κ1) is 15.1. The highest BCUT2D eigenvalue weighted by molar-refractivity contribution is 5.03. The first-order chi connectivity index (χ1) is 9.29. The van der Waals surface area contributed by atoms with Crippen LogP contribution in [0.3, 0.4) is 0 Å². The first-order valence-electron chi connectivity index (χ1n) is 8.98. The SMILES string of the molecule is CCCC1C=CC(C(C)CCC2CCCCCC2)C1. The van der Waals surface area contributed by atoms with Crippen molar-refractivity contribution in [1.82, 2.24) is 0 Å². The molecule has 3 atom stereocenters. The van der Waals surface area contributed by atoms with E-state index >= 15 is 0 Å². The van der Waals surface area contributed by atoms with Crippen LogP contribution in [-0.2, 0) is 0 Å². The van der Waals surface area contributed by atoms with E-state index < -0.39 is 0 Å². The Hall–Kier alpha value is -0.260. The van der Waals surface area contributed by atoms with E-state index in [1.165, 1.54) is 70.6 Å². The average Bonchev–Trinajstić information content (AvgIpc) is 2.72. The minimum Gasteiger partial charge on any atom is -0.0851 e. The normalized spacial score (nSPS) is 30.4. The molecule has 0 heterocycles. The molecule has 0 nitrogen and oxygen atoms in total. The van der Waals surface area contributed by atoms with Gasteiger partial charge in [-0.3, -0.25) is 0 Å². The Balaban J connectivity index is 1.67. The van der Waals surface area contributed by atoms with E-state index in [0.717, 1.165) is 23.7 Å². The van der Waals surface area contributed by atoms with Crippen LogP contribution in [0.4, 0.5) is 0 Å². The van der Waals surface area contributed by atoms with Gasteiger partial charge in [-0.15, -0.1) is 0 Å². The van der Waals surface area contributed by atoms with Crippen molar-refractivity contribution in [3.8, 4) is 0 Å². The van der Waals surface area contributed by atoms with Gasteiger partial charge in [0.1, 0.15) is 0 Å². The summed E-state index contributed by atoms with van der Waals surface area (Å²) in [7, 11) is 0. The molecule has 0 amide bonds. The minimum absolute atomic E-state index is 0.891. The van der Waals surface area contributed by atoms with E-state index in [1.807, 2.05) is 0 Å². The second-order valence-electron chi connectivity index (χ2n) is 7.25. The van der Waals surface area contributed by atoms with E-state index in [0.29, 0.717) is 0 Å². The van der Waals surface area contributed by atoms with E-state index in [4.69, 9.17) is 0 Å². The Kier molecular flexibility index (Phi) is 6.47. The van der Waals surface area contributed by atoms with Gasteiger partial charge in [0.2, 0.25) is 0 Å². The zero-order chi connectivity index (χ0) is 13.5. The third-order valence-electron chi connectivity index (χ3n) is 5.60. The highest BCUT2D eigenvalue weighted by Crippen LogP contribution is 2.35. The summed E-state index contributed by atoms with van der Waals surface area (Å²) in [5.74, 6) is 3.76. The summed E-state index contributed by atoms with van der Waals surface area (Å²) < 4.78 is 0. The van der Waals surface area contributed by atoms with Crippen molar-refractivity contribution in [2.45, 2.75) is 84.5 Å². The molecule has 19 heavy (non-hydrogen) atoms. The molecule has 1 fully saturated rings. The van der Waals surface area contributed by atoms with Gasteiger partial charge in [0.25, 0.3) is 0 Å². The summed E-state index contributed by atoms with van der Waals surface area (Å²) in [5.41, 5.74) is 0. The predicted octanol–water partition coefficient (Wildman–Crippen LogP) is 6.37. The Morgan fingerprint density at radius 3 is 2.42 bits per heavy atom. The number of hydrogen-bond donors (Lipinski definition) is 0. The number of allylic oxidation sites excluding steroid dienone is 2. The van der Waals surface area contributed by atoms with Gasteiger partial charge in [-0.1, -0.05) is 77.4 Å². The van der Waals surface area contributed by atoms with Crippen molar-refractivity contribution in [2.75, 3.05) is 0 Å². The average molecular weight is 262 g/mol. The highest BCUT2D eigenvalue weighted by atomic mass is 14.3. The maximum Gasteiger partial charge on any atom is -0.0202 e. The van der Waals surface area contributed by atoms with Gasteiger partial charge in [0.05, 0.1) is 0 Å². The van der Waals surface area contributed by atoms with Gasteiger partial charge in [-0.05, 0) is 42.9 Å². The molecule has 1 saturated carbocycles. The van der Waals surface area contributed by atoms with Crippen molar-refractivity contribution in [3.05, 3.63) is 12.2 Å². The largest absolute Gasteiger partial charge is 0.0851 e. The molecule has 110 valence electrons. The van der Waals surface area contributed by atoms with Crippen molar-refractivity contribution >= 4 is 0 Å². The first-order valence-corrected chi connectivity index (χ1v) is 8.98. The molecule has 0 spiro atoms. The Morgan fingerprint density at radius 2 is 1.74 bits per heavy atom. The molecule has 0 bridgehead atoms. The Bertz CT molecular complexity index is 257. The zero-order valence-electron chi connectivity index (χ0n) is 13.2. The van der Waals surface area contributed by atoms with Crippen LogP contribution in [0.15, 0.2) is 12.2 Å². The van der Waals surface area contributed by atoms with E-state index in [-0.39, 0.29) is 0 Å². The summed E-state index contributed by atoms with van der Waals surface area (Å²) in [4.78, 5) is 0. The van der Waals surface area contributed by atoms with Crippen LogP contribution in [0.2, 0.25) is 0 Å². The molecule has 3 unspecified atom stereocenters. The smallest absolute Gasteiger partial charge is 0.0202 e. The molecule has 0 radical (unpaired) electrons. The second kappa shape index (κ2) is 8.12. The predicted molar refractivity (Wildman–Crippen MR) is 85.2 cm³/mol. The van der Waals surface area contributed by atoms with Crippen LogP contribution in [-0.4, -0.2) is 0 Å². The summed E-state index contributed by atoms with van der Waals surface area (Å²) in [6, 6.07) is 0. The number of hydrogen-bond acceptors (Lipinski definition) is 0. The molecule has 0 aromatic rings. The van der Waals surface area contributed by atoms with Crippen molar-refractivity contribution in [1.29, 1.82) is 0 Å². The lowest BCUT2D eigenvalue weighted by molar-refractivity contribution is 0.313. The maximum absolute atomic E-state index is 2.54. The zero-order valence-corrected chi connectivity index (χ0v) is 13.2. The fourth-order valence-corrected chi connectivity index (χ4v) is 4.18. The molecule has 0 aromatic heterocycles. The fourth-order valence-electron chi connectivity index (χ4n) is 4.18. The summed E-state index contributed by atoms with van der Waals surface area (Å²) in [6.07, 6.45) is 21.3. The molecule has 2 rings (SSSR count). The number of rotatable bonds is 6. The van der Waals surface area contributed by atoms with Crippen LogP contribution in [0.1, 0.15) is 84.5 Å². The molecule has 0 N–H and O–H groups in total. The van der Waals surface area contributed by atoms with Gasteiger partial charge in [0.15, 0.2) is 0 Å². The molecule has 0 heteroatoms. The highest BCUT2D eigenvalue weighted by Gasteiger charge is 2.24. The molecule has 2 aliphatic rings. The van der Waals surface area contributed by atoms with Gasteiger partial charge in [-0.25, -0.2) is 0 Å². The Morgan fingerprint density at radius 1 is 1.00 bits per heavy atom. The topological polar surface area (TPSA) is 0 Å². The second-order valence-corrected chi connectivity index (χ2v) is 7.25. The van der Waals surface area contributed by atoms with E-state index in [1.54, 1.807) is 0 Å². The fraction of sp³-hybridized carbons (Fsp3) is 0.895. The van der Waals surface area contributed by atoms with Gasteiger partial charge in [0, 0.05) is 0 Å². The molecule has 0 aliphatic heterocycles. The maximum atomic E-state index is 2.54.